The van der Waals surface area contributed by atoms with Gasteiger partial charge in [-0.2, -0.15) is 0 Å². The molecule has 0 aromatic carbocycles. The Morgan fingerprint density at radius 1 is 1.04 bits per heavy atom. The summed E-state index contributed by atoms with van der Waals surface area (Å²) in [4.78, 5) is 10.4. The van der Waals surface area contributed by atoms with Gasteiger partial charge in [0.25, 0.3) is 0 Å². The summed E-state index contributed by atoms with van der Waals surface area (Å²) >= 11 is 0. The van der Waals surface area contributed by atoms with E-state index in [1.54, 1.807) is 13.0 Å². The number of hydrogen-bond acceptors (Lipinski definition) is 4. The fourth-order valence-electron chi connectivity index (χ4n) is 2.58. The van der Waals surface area contributed by atoms with Crippen molar-refractivity contribution in [3.05, 3.63) is 12.2 Å². The molecule has 0 aromatic rings. The minimum atomic E-state index is -0.963. The van der Waals surface area contributed by atoms with Crippen LogP contribution in [0.15, 0.2) is 12.2 Å². The number of aliphatic hydroxyl groups excluding tert-OH is 2. The van der Waals surface area contributed by atoms with E-state index in [9.17, 15) is 20.1 Å². The van der Waals surface area contributed by atoms with E-state index in [4.69, 9.17) is 5.11 Å². The predicted octanol–water partition coefficient (Wildman–Crippen LogP) is 3.41. The van der Waals surface area contributed by atoms with Gasteiger partial charge in [-0.15, -0.1) is 0 Å². The van der Waals surface area contributed by atoms with Crippen LogP contribution < -0.4 is 0 Å². The van der Waals surface area contributed by atoms with Crippen molar-refractivity contribution < 1.29 is 25.2 Å². The van der Waals surface area contributed by atoms with Gasteiger partial charge in [0.2, 0.25) is 0 Å². The lowest BCUT2D eigenvalue weighted by Crippen LogP contribution is -2.26. The fourth-order valence-corrected chi connectivity index (χ4v) is 2.58. The lowest BCUT2D eigenvalue weighted by Gasteiger charge is -2.20. The van der Waals surface area contributed by atoms with Crippen LogP contribution in [0, 0.1) is 0 Å². The Balaban J connectivity index is 3.87. The molecule has 4 N–H and O–H groups in total. The Bertz CT molecular complexity index is 352. The Labute approximate surface area is 146 Å². The average molecular weight is 344 g/mol. The lowest BCUT2D eigenvalue weighted by atomic mass is 9.96. The third-order valence-electron chi connectivity index (χ3n) is 4.22. The molecule has 0 aliphatic heterocycles. The van der Waals surface area contributed by atoms with Gasteiger partial charge in [-0.05, 0) is 26.2 Å². The second kappa shape index (κ2) is 13.4. The maximum Gasteiger partial charge on any atom is 0.303 e. The van der Waals surface area contributed by atoms with Crippen LogP contribution in [0.2, 0.25) is 0 Å². The van der Waals surface area contributed by atoms with Crippen molar-refractivity contribution >= 4 is 5.97 Å². The number of carboxylic acid groups (broad SMARTS) is 1. The van der Waals surface area contributed by atoms with Gasteiger partial charge in [0, 0.05) is 6.42 Å². The molecule has 0 bridgehead atoms. The van der Waals surface area contributed by atoms with Gasteiger partial charge in [0.05, 0.1) is 17.8 Å². The monoisotopic (exact) mass is 344 g/mol. The van der Waals surface area contributed by atoms with Crippen LogP contribution in [0.4, 0.5) is 0 Å². The zero-order chi connectivity index (χ0) is 18.4. The summed E-state index contributed by atoms with van der Waals surface area (Å²) in [6.45, 7) is 3.83. The molecule has 0 aliphatic carbocycles. The Hall–Kier alpha value is -0.910. The highest BCUT2D eigenvalue weighted by Crippen LogP contribution is 2.17. The molecule has 0 aromatic heterocycles. The van der Waals surface area contributed by atoms with Crippen molar-refractivity contribution in [1.29, 1.82) is 0 Å². The van der Waals surface area contributed by atoms with Crippen molar-refractivity contribution in [2.24, 2.45) is 0 Å². The molecule has 0 amide bonds. The molecule has 142 valence electrons. The average Bonchev–Trinajstić information content (AvgIpc) is 2.51. The smallest absolute Gasteiger partial charge is 0.303 e. The summed E-state index contributed by atoms with van der Waals surface area (Å²) in [6.07, 6.45) is 9.98. The summed E-state index contributed by atoms with van der Waals surface area (Å²) in [7, 11) is 0. The third-order valence-corrected chi connectivity index (χ3v) is 4.22. The number of carbonyl (C=O) groups is 1. The van der Waals surface area contributed by atoms with Crippen molar-refractivity contribution in [3.63, 3.8) is 0 Å². The van der Waals surface area contributed by atoms with Crippen LogP contribution >= 0.6 is 0 Å². The molecule has 5 nitrogen and oxygen atoms in total. The summed E-state index contributed by atoms with van der Waals surface area (Å²) in [6, 6.07) is 0. The first kappa shape index (κ1) is 23.1. The first-order valence-electron chi connectivity index (χ1n) is 9.28. The standard InChI is InChI=1S/C19H36O5/c1-3-4-10-14-19(2,24)15-13-17(21)16(20)11-8-6-5-7-9-12-18(22)23/h13,15-17,20-21,24H,3-12,14H2,1-2H3,(H,22,23)/b15-13+. The Morgan fingerprint density at radius 3 is 2.29 bits per heavy atom. The van der Waals surface area contributed by atoms with E-state index >= 15 is 0 Å². The van der Waals surface area contributed by atoms with Gasteiger partial charge < -0.3 is 20.4 Å². The van der Waals surface area contributed by atoms with Crippen molar-refractivity contribution in [2.75, 3.05) is 0 Å². The molecular weight excluding hydrogens is 308 g/mol. The molecule has 3 unspecified atom stereocenters. The number of unbranched alkanes of at least 4 members (excludes halogenated alkanes) is 6. The first-order valence-corrected chi connectivity index (χ1v) is 9.28. The topological polar surface area (TPSA) is 98.0 Å². The van der Waals surface area contributed by atoms with Crippen LogP contribution in [0.1, 0.15) is 84.5 Å². The number of aliphatic hydroxyl groups is 3. The van der Waals surface area contributed by atoms with Crippen LogP contribution in [-0.4, -0.2) is 44.2 Å². The lowest BCUT2D eigenvalue weighted by molar-refractivity contribution is -0.137. The summed E-state index contributed by atoms with van der Waals surface area (Å²) < 4.78 is 0. The number of hydrogen-bond donors (Lipinski definition) is 4. The van der Waals surface area contributed by atoms with E-state index in [0.29, 0.717) is 19.3 Å². The largest absolute Gasteiger partial charge is 0.481 e. The molecule has 0 radical (unpaired) electrons. The molecule has 0 saturated heterocycles. The maximum absolute atomic E-state index is 10.4. The van der Waals surface area contributed by atoms with E-state index in [1.165, 1.54) is 6.08 Å². The predicted molar refractivity (Wildman–Crippen MR) is 95.9 cm³/mol. The first-order chi connectivity index (χ1) is 11.3. The summed E-state index contributed by atoms with van der Waals surface area (Å²) in [5.41, 5.74) is -0.944. The van der Waals surface area contributed by atoms with Crippen LogP contribution in [-0.2, 0) is 4.79 Å². The van der Waals surface area contributed by atoms with E-state index in [1.807, 2.05) is 0 Å². The minimum absolute atomic E-state index is 0.213. The minimum Gasteiger partial charge on any atom is -0.481 e. The second-order valence-corrected chi connectivity index (χ2v) is 6.93. The van der Waals surface area contributed by atoms with E-state index < -0.39 is 23.8 Å². The van der Waals surface area contributed by atoms with Crippen LogP contribution in [0.3, 0.4) is 0 Å². The van der Waals surface area contributed by atoms with Crippen molar-refractivity contribution in [2.45, 2.75) is 102 Å². The molecule has 3 atom stereocenters. The highest BCUT2D eigenvalue weighted by atomic mass is 16.4. The van der Waals surface area contributed by atoms with Crippen LogP contribution in [0.25, 0.3) is 0 Å². The van der Waals surface area contributed by atoms with Crippen LogP contribution in [0.5, 0.6) is 0 Å². The number of aliphatic carboxylic acids is 1. The molecule has 24 heavy (non-hydrogen) atoms. The molecule has 0 heterocycles. The molecule has 0 spiro atoms. The van der Waals surface area contributed by atoms with Crippen molar-refractivity contribution in [1.82, 2.24) is 0 Å². The Morgan fingerprint density at radius 2 is 1.67 bits per heavy atom. The zero-order valence-corrected chi connectivity index (χ0v) is 15.3. The molecule has 0 saturated carbocycles. The summed E-state index contributed by atoms with van der Waals surface area (Å²) in [5.74, 6) is -0.758. The van der Waals surface area contributed by atoms with Gasteiger partial charge in [0.15, 0.2) is 0 Å². The fraction of sp³-hybridized carbons (Fsp3) is 0.842. The highest BCUT2D eigenvalue weighted by Gasteiger charge is 2.18. The van der Waals surface area contributed by atoms with Gasteiger partial charge in [0.1, 0.15) is 0 Å². The quantitative estimate of drug-likeness (QED) is 0.270. The van der Waals surface area contributed by atoms with Gasteiger partial charge in [-0.1, -0.05) is 64.0 Å². The van der Waals surface area contributed by atoms with E-state index in [0.717, 1.165) is 44.9 Å². The van der Waals surface area contributed by atoms with Gasteiger partial charge in [-0.3, -0.25) is 4.79 Å². The number of carboxylic acids is 1. The zero-order valence-electron chi connectivity index (χ0n) is 15.3. The summed E-state index contributed by atoms with van der Waals surface area (Å²) in [5, 5.41) is 38.6. The third kappa shape index (κ3) is 13.5. The molecule has 0 rings (SSSR count). The van der Waals surface area contributed by atoms with Crippen molar-refractivity contribution in [3.8, 4) is 0 Å². The van der Waals surface area contributed by atoms with E-state index in [-0.39, 0.29) is 6.42 Å². The van der Waals surface area contributed by atoms with Gasteiger partial charge >= 0.3 is 5.97 Å². The van der Waals surface area contributed by atoms with Gasteiger partial charge in [-0.25, -0.2) is 0 Å². The maximum atomic E-state index is 10.4. The highest BCUT2D eigenvalue weighted by molar-refractivity contribution is 5.66. The SMILES string of the molecule is CCCCCC(C)(O)/C=C/C(O)C(O)CCCCCCCC(=O)O. The molecule has 0 fully saturated rings. The normalized spacial score (nSPS) is 16.9. The Kier molecular flexibility index (Phi) is 12.9. The number of rotatable bonds is 15. The second-order valence-electron chi connectivity index (χ2n) is 6.93. The van der Waals surface area contributed by atoms with E-state index in [2.05, 4.69) is 6.92 Å². The molecule has 5 heteroatoms. The molecule has 0 aliphatic rings. The molecular formula is C19H36O5.